The average Bonchev–Trinajstić information content (AvgIpc) is 2.96. The molecule has 0 fully saturated rings. The van der Waals surface area contributed by atoms with Crippen molar-refractivity contribution >= 4 is 37.4 Å². The van der Waals surface area contributed by atoms with Gasteiger partial charge in [-0.25, -0.2) is 15.0 Å². The minimum absolute atomic E-state index is 0.0873. The van der Waals surface area contributed by atoms with Crippen molar-refractivity contribution < 1.29 is 27.5 Å². The lowest BCUT2D eigenvalue weighted by molar-refractivity contribution is -0.173. The first-order valence-electron chi connectivity index (χ1n) is 12.3. The number of aliphatic imine (C=N–C) groups is 3. The Morgan fingerprint density at radius 1 is 1.10 bits per heavy atom. The molecule has 0 saturated carbocycles. The molecule has 0 aliphatic heterocycles. The molecule has 0 unspecified atom stereocenters. The number of guanidine groups is 1. The summed E-state index contributed by atoms with van der Waals surface area (Å²) in [6.07, 6.45) is -3.40. The maximum atomic E-state index is 12.2. The molecule has 11 nitrogen and oxygen atoms in total. The fourth-order valence-corrected chi connectivity index (χ4v) is 2.87. The van der Waals surface area contributed by atoms with Crippen molar-refractivity contribution in [3.8, 4) is 0 Å². The molecule has 2 aromatic rings. The van der Waals surface area contributed by atoms with Crippen LogP contribution in [-0.2, 0) is 16.1 Å². The molecule has 0 aliphatic rings. The summed E-state index contributed by atoms with van der Waals surface area (Å²) < 4.78 is 37.9. The summed E-state index contributed by atoms with van der Waals surface area (Å²) in [5.41, 5.74) is 13.9. The lowest BCUT2D eigenvalue weighted by Crippen LogP contribution is -2.35. The van der Waals surface area contributed by atoms with Gasteiger partial charge >= 0.3 is 6.18 Å². The third-order valence-corrected chi connectivity index (χ3v) is 4.91. The SMILES string of the molecule is C=NC(=NCc1ccc(C(=O)NCCN(C)CCN)cc1)Nc1ccc(C)cc1.C=O.N/C=N/COCC(F)(F)F. The predicted octanol–water partition coefficient (Wildman–Crippen LogP) is 2.61. The maximum absolute atomic E-state index is 12.2. The summed E-state index contributed by atoms with van der Waals surface area (Å²) in [5, 5.41) is 6.06. The number of benzene rings is 2. The van der Waals surface area contributed by atoms with Crippen LogP contribution in [0.2, 0.25) is 0 Å². The third-order valence-electron chi connectivity index (χ3n) is 4.91. The number of hydrogen-bond acceptors (Lipinski definition) is 7. The lowest BCUT2D eigenvalue weighted by Gasteiger charge is -2.15. The molecule has 0 saturated heterocycles. The molecule has 0 radical (unpaired) electrons. The molecule has 0 aromatic heterocycles. The van der Waals surface area contributed by atoms with Crippen LogP contribution < -0.4 is 22.1 Å². The van der Waals surface area contributed by atoms with E-state index in [1.165, 1.54) is 5.56 Å². The van der Waals surface area contributed by atoms with E-state index < -0.39 is 12.8 Å². The number of aryl methyl sites for hydroxylation is 1. The van der Waals surface area contributed by atoms with Gasteiger partial charge in [-0.1, -0.05) is 29.8 Å². The highest BCUT2D eigenvalue weighted by molar-refractivity contribution is 5.96. The van der Waals surface area contributed by atoms with Gasteiger partial charge in [-0.05, 0) is 50.5 Å². The van der Waals surface area contributed by atoms with E-state index in [0.29, 0.717) is 31.2 Å². The first-order valence-corrected chi connectivity index (χ1v) is 12.3. The van der Waals surface area contributed by atoms with E-state index in [1.54, 1.807) is 12.1 Å². The first kappa shape index (κ1) is 36.9. The van der Waals surface area contributed by atoms with Gasteiger partial charge in [0.25, 0.3) is 5.91 Å². The van der Waals surface area contributed by atoms with E-state index in [2.05, 4.69) is 42.0 Å². The van der Waals surface area contributed by atoms with Gasteiger partial charge in [0.1, 0.15) is 20.1 Å². The number of amides is 1. The second-order valence-electron chi connectivity index (χ2n) is 8.26. The highest BCUT2D eigenvalue weighted by Gasteiger charge is 2.27. The monoisotopic (exact) mass is 580 g/mol. The van der Waals surface area contributed by atoms with Crippen molar-refractivity contribution in [2.45, 2.75) is 19.6 Å². The van der Waals surface area contributed by atoms with E-state index in [1.807, 2.05) is 57.2 Å². The Kier molecular flexibility index (Phi) is 19.5. The Balaban J connectivity index is 0.00000113. The summed E-state index contributed by atoms with van der Waals surface area (Å²) in [6.45, 7) is 9.18. The molecular weight excluding hydrogens is 541 g/mol. The number of rotatable bonds is 12. The molecule has 41 heavy (non-hydrogen) atoms. The summed E-state index contributed by atoms with van der Waals surface area (Å²) in [7, 11) is 1.98. The van der Waals surface area contributed by atoms with Crippen LogP contribution in [0, 0.1) is 6.92 Å². The summed E-state index contributed by atoms with van der Waals surface area (Å²) >= 11 is 0. The standard InChI is InChI=1S/C22H30N6O.C4H7F3N2O.CH2O/c1-17-4-10-20(11-5-17)27-22(24-2)26-16-18-6-8-19(9-7-18)21(29)25-13-15-28(3)14-12-23;5-4(6,7)1-10-3-9-2-8;1-2/h4-11H,2,12-16,23H2,1,3H3,(H,25,29)(H,26,27);2H,1,3H2,(H2,8,9);1H2. The number of halogens is 3. The fraction of sp³-hybridized carbons (Fsp3) is 0.370. The average molecular weight is 581 g/mol. The zero-order chi connectivity index (χ0) is 31.1. The van der Waals surface area contributed by atoms with Crippen molar-refractivity contribution in [2.75, 3.05) is 51.9 Å². The van der Waals surface area contributed by atoms with Gasteiger partial charge in [-0.2, -0.15) is 13.2 Å². The molecule has 0 atom stereocenters. The fourth-order valence-electron chi connectivity index (χ4n) is 2.87. The molecule has 1 amide bonds. The Bertz CT molecular complexity index is 1060. The number of anilines is 1. The second kappa shape index (κ2) is 21.7. The van der Waals surface area contributed by atoms with Crippen LogP contribution in [-0.4, -0.2) is 89.4 Å². The van der Waals surface area contributed by atoms with Gasteiger partial charge in [-0.3, -0.25) is 4.79 Å². The van der Waals surface area contributed by atoms with Gasteiger partial charge in [0.15, 0.2) is 0 Å². The van der Waals surface area contributed by atoms with Crippen molar-refractivity contribution in [1.29, 1.82) is 0 Å². The number of carbonyl (C=O) groups excluding carboxylic acids is 2. The molecule has 2 aromatic carbocycles. The van der Waals surface area contributed by atoms with E-state index in [0.717, 1.165) is 30.7 Å². The number of ether oxygens (including phenoxy) is 1. The number of likely N-dealkylation sites (N-methyl/N-ethyl adjacent to an activating group) is 1. The minimum atomic E-state index is -4.29. The second-order valence-corrected chi connectivity index (χ2v) is 8.26. The minimum Gasteiger partial charge on any atom is -0.390 e. The number of hydrogen-bond donors (Lipinski definition) is 4. The predicted molar refractivity (Wildman–Crippen MR) is 157 cm³/mol. The normalized spacial score (nSPS) is 11.2. The Labute approximate surface area is 238 Å². The largest absolute Gasteiger partial charge is 0.411 e. The van der Waals surface area contributed by atoms with Crippen molar-refractivity contribution in [2.24, 2.45) is 26.4 Å². The van der Waals surface area contributed by atoms with Crippen LogP contribution in [0.25, 0.3) is 0 Å². The molecule has 0 bridgehead atoms. The van der Waals surface area contributed by atoms with Crippen LogP contribution in [0.3, 0.4) is 0 Å². The smallest absolute Gasteiger partial charge is 0.390 e. The number of carbonyl (C=O) groups is 2. The Morgan fingerprint density at radius 2 is 1.73 bits per heavy atom. The zero-order valence-electron chi connectivity index (χ0n) is 23.4. The van der Waals surface area contributed by atoms with Crippen LogP contribution >= 0.6 is 0 Å². The lowest BCUT2D eigenvalue weighted by atomic mass is 10.1. The van der Waals surface area contributed by atoms with Crippen molar-refractivity contribution in [1.82, 2.24) is 10.2 Å². The first-order chi connectivity index (χ1) is 19.6. The molecule has 0 aliphatic carbocycles. The number of nitrogens with one attached hydrogen (secondary N) is 2. The third kappa shape index (κ3) is 18.7. The number of nitrogens with two attached hydrogens (primary N) is 2. The van der Waals surface area contributed by atoms with Gasteiger partial charge in [0.2, 0.25) is 5.96 Å². The number of nitrogens with zero attached hydrogens (tertiary/aromatic N) is 4. The van der Waals surface area contributed by atoms with E-state index >= 15 is 0 Å². The highest BCUT2D eigenvalue weighted by atomic mass is 19.4. The van der Waals surface area contributed by atoms with E-state index in [9.17, 15) is 18.0 Å². The molecular formula is C27H39F3N8O3. The maximum Gasteiger partial charge on any atom is 0.411 e. The van der Waals surface area contributed by atoms with Gasteiger partial charge in [0.05, 0.1) is 12.9 Å². The molecule has 14 heteroatoms. The summed E-state index contributed by atoms with van der Waals surface area (Å²) in [5.74, 6) is 0.368. The Hall–Kier alpha value is -4.14. The van der Waals surface area contributed by atoms with E-state index in [4.69, 9.17) is 16.3 Å². The molecule has 226 valence electrons. The van der Waals surface area contributed by atoms with Crippen molar-refractivity contribution in [3.05, 3.63) is 65.2 Å². The molecule has 0 spiro atoms. The molecule has 0 heterocycles. The summed E-state index contributed by atoms with van der Waals surface area (Å²) in [4.78, 5) is 33.9. The van der Waals surface area contributed by atoms with E-state index in [-0.39, 0.29) is 12.6 Å². The Morgan fingerprint density at radius 3 is 2.27 bits per heavy atom. The van der Waals surface area contributed by atoms with Crippen molar-refractivity contribution in [3.63, 3.8) is 0 Å². The van der Waals surface area contributed by atoms with Crippen LogP contribution in [0.15, 0.2) is 63.5 Å². The van der Waals surface area contributed by atoms with Gasteiger partial charge < -0.3 is 36.5 Å². The highest BCUT2D eigenvalue weighted by Crippen LogP contribution is 2.14. The topological polar surface area (TPSA) is 160 Å². The number of alkyl halides is 3. The summed E-state index contributed by atoms with van der Waals surface area (Å²) in [6, 6.07) is 15.4. The molecule has 6 N–H and O–H groups in total. The van der Waals surface area contributed by atoms with Gasteiger partial charge in [0, 0.05) is 37.4 Å². The zero-order valence-corrected chi connectivity index (χ0v) is 23.4. The van der Waals surface area contributed by atoms with Crippen LogP contribution in [0.1, 0.15) is 21.5 Å². The van der Waals surface area contributed by atoms with Crippen LogP contribution in [0.5, 0.6) is 0 Å². The van der Waals surface area contributed by atoms with Crippen LogP contribution in [0.4, 0.5) is 18.9 Å². The van der Waals surface area contributed by atoms with Gasteiger partial charge in [-0.15, -0.1) is 0 Å². The quantitative estimate of drug-likeness (QED) is 0.171. The molecule has 2 rings (SSSR count).